The maximum atomic E-state index is 12.4. The van der Waals surface area contributed by atoms with E-state index in [-0.39, 0.29) is 12.5 Å². The summed E-state index contributed by atoms with van der Waals surface area (Å²) < 4.78 is 25.8. The summed E-state index contributed by atoms with van der Waals surface area (Å²) in [6.45, 7) is 0.962. The molecule has 0 spiro atoms. The van der Waals surface area contributed by atoms with Crippen molar-refractivity contribution in [3.63, 3.8) is 0 Å². The molecule has 1 saturated carbocycles. The zero-order valence-corrected chi connectivity index (χ0v) is 17.1. The molecule has 2 aromatic rings. The highest BCUT2D eigenvalue weighted by atomic mass is 32.2. The predicted octanol–water partition coefficient (Wildman–Crippen LogP) is 3.96. The molecule has 0 saturated heterocycles. The first kappa shape index (κ1) is 20.4. The summed E-state index contributed by atoms with van der Waals surface area (Å²) in [6.07, 6.45) is 7.41. The van der Waals surface area contributed by atoms with Gasteiger partial charge in [-0.3, -0.25) is 9.10 Å². The number of nitrogens with one attached hydrogen (secondary N) is 1. The van der Waals surface area contributed by atoms with E-state index < -0.39 is 10.0 Å². The Morgan fingerprint density at radius 1 is 1.00 bits per heavy atom. The average molecular weight is 401 g/mol. The third-order valence-electron chi connectivity index (χ3n) is 5.26. The SMILES string of the molecule is CS(=O)(=O)N(Cc1ccc(C(=O)NCC2CCCCC2)cc1)c1ccccc1. The van der Waals surface area contributed by atoms with Gasteiger partial charge in [-0.25, -0.2) is 8.42 Å². The van der Waals surface area contributed by atoms with E-state index >= 15 is 0 Å². The quantitative estimate of drug-likeness (QED) is 0.765. The molecule has 28 heavy (non-hydrogen) atoms. The highest BCUT2D eigenvalue weighted by Crippen LogP contribution is 2.23. The number of benzene rings is 2. The lowest BCUT2D eigenvalue weighted by Gasteiger charge is -2.23. The Balaban J connectivity index is 1.63. The van der Waals surface area contributed by atoms with Gasteiger partial charge in [-0.05, 0) is 48.6 Å². The van der Waals surface area contributed by atoms with Crippen molar-refractivity contribution in [2.24, 2.45) is 5.92 Å². The number of anilines is 1. The van der Waals surface area contributed by atoms with Gasteiger partial charge in [0, 0.05) is 12.1 Å². The number of hydrogen-bond donors (Lipinski definition) is 1. The van der Waals surface area contributed by atoms with Gasteiger partial charge in [0.25, 0.3) is 5.91 Å². The largest absolute Gasteiger partial charge is 0.352 e. The van der Waals surface area contributed by atoms with Gasteiger partial charge in [0.15, 0.2) is 0 Å². The van der Waals surface area contributed by atoms with Crippen LogP contribution in [0.4, 0.5) is 5.69 Å². The predicted molar refractivity (Wildman–Crippen MR) is 113 cm³/mol. The summed E-state index contributed by atoms with van der Waals surface area (Å²) in [6, 6.07) is 16.2. The number of rotatable bonds is 7. The van der Waals surface area contributed by atoms with Crippen molar-refractivity contribution in [1.82, 2.24) is 5.32 Å². The lowest BCUT2D eigenvalue weighted by molar-refractivity contribution is 0.0943. The van der Waals surface area contributed by atoms with E-state index in [0.29, 0.717) is 17.2 Å². The summed E-state index contributed by atoms with van der Waals surface area (Å²) in [5, 5.41) is 3.03. The fourth-order valence-electron chi connectivity index (χ4n) is 3.65. The number of carbonyl (C=O) groups excluding carboxylic acids is 1. The lowest BCUT2D eigenvalue weighted by atomic mass is 9.89. The standard InChI is InChI=1S/C22H28N2O3S/c1-28(26,27)24(21-10-6-3-7-11-21)17-19-12-14-20(15-13-19)22(25)23-16-18-8-4-2-5-9-18/h3,6-7,10-15,18H,2,4-5,8-9,16-17H2,1H3,(H,23,25). The van der Waals surface area contributed by atoms with Crippen molar-refractivity contribution in [2.45, 2.75) is 38.6 Å². The van der Waals surface area contributed by atoms with Crippen LogP contribution in [0.1, 0.15) is 48.0 Å². The van der Waals surface area contributed by atoms with Crippen LogP contribution in [-0.2, 0) is 16.6 Å². The van der Waals surface area contributed by atoms with Crippen molar-refractivity contribution in [1.29, 1.82) is 0 Å². The molecule has 6 heteroatoms. The number of para-hydroxylation sites is 1. The zero-order valence-electron chi connectivity index (χ0n) is 16.3. The molecule has 2 aromatic carbocycles. The van der Waals surface area contributed by atoms with Gasteiger partial charge < -0.3 is 5.32 Å². The van der Waals surface area contributed by atoms with Gasteiger partial charge >= 0.3 is 0 Å². The minimum Gasteiger partial charge on any atom is -0.352 e. The molecule has 0 bridgehead atoms. The van der Waals surface area contributed by atoms with Crippen molar-refractivity contribution < 1.29 is 13.2 Å². The van der Waals surface area contributed by atoms with Crippen LogP contribution < -0.4 is 9.62 Å². The van der Waals surface area contributed by atoms with E-state index in [1.807, 2.05) is 30.3 Å². The third kappa shape index (κ3) is 5.58. The van der Waals surface area contributed by atoms with Gasteiger partial charge in [-0.2, -0.15) is 0 Å². The maximum Gasteiger partial charge on any atom is 0.251 e. The molecular weight excluding hydrogens is 372 g/mol. The summed E-state index contributed by atoms with van der Waals surface area (Å²) in [4.78, 5) is 12.4. The molecule has 1 aliphatic carbocycles. The number of sulfonamides is 1. The first-order chi connectivity index (χ1) is 13.4. The van der Waals surface area contributed by atoms with Crippen LogP contribution in [0.5, 0.6) is 0 Å². The summed E-state index contributed by atoms with van der Waals surface area (Å²) in [7, 11) is -3.41. The monoisotopic (exact) mass is 400 g/mol. The smallest absolute Gasteiger partial charge is 0.251 e. The molecule has 0 radical (unpaired) electrons. The van der Waals surface area contributed by atoms with Crippen LogP contribution in [0.3, 0.4) is 0 Å². The summed E-state index contributed by atoms with van der Waals surface area (Å²) in [5.41, 5.74) is 2.06. The molecule has 3 rings (SSSR count). The molecule has 150 valence electrons. The molecular formula is C22H28N2O3S. The maximum absolute atomic E-state index is 12.4. The van der Waals surface area contributed by atoms with Crippen LogP contribution in [0.2, 0.25) is 0 Å². The second-order valence-electron chi connectivity index (χ2n) is 7.52. The van der Waals surface area contributed by atoms with Crippen LogP contribution in [0.25, 0.3) is 0 Å². The second kappa shape index (κ2) is 9.24. The number of nitrogens with zero attached hydrogens (tertiary/aromatic N) is 1. The Morgan fingerprint density at radius 2 is 1.64 bits per heavy atom. The molecule has 1 N–H and O–H groups in total. The minimum atomic E-state index is -3.41. The Kier molecular flexibility index (Phi) is 6.73. The van der Waals surface area contributed by atoms with Crippen molar-refractivity contribution in [2.75, 3.05) is 17.1 Å². The Bertz CT molecular complexity index is 874. The van der Waals surface area contributed by atoms with Gasteiger partial charge in [-0.15, -0.1) is 0 Å². The fourth-order valence-corrected chi connectivity index (χ4v) is 4.54. The number of carbonyl (C=O) groups is 1. The molecule has 0 aliphatic heterocycles. The van der Waals surface area contributed by atoms with E-state index in [0.717, 1.165) is 12.1 Å². The van der Waals surface area contributed by atoms with Gasteiger partial charge in [0.1, 0.15) is 0 Å². The van der Waals surface area contributed by atoms with E-state index in [1.165, 1.54) is 42.7 Å². The lowest BCUT2D eigenvalue weighted by Crippen LogP contribution is -2.30. The van der Waals surface area contributed by atoms with E-state index in [2.05, 4.69) is 5.32 Å². The Labute approximate surface area is 167 Å². The molecule has 5 nitrogen and oxygen atoms in total. The molecule has 1 amide bonds. The molecule has 1 aliphatic rings. The van der Waals surface area contributed by atoms with Crippen molar-refractivity contribution in [3.8, 4) is 0 Å². The van der Waals surface area contributed by atoms with Crippen molar-refractivity contribution >= 4 is 21.6 Å². The topological polar surface area (TPSA) is 66.5 Å². The first-order valence-corrected chi connectivity index (χ1v) is 11.7. The van der Waals surface area contributed by atoms with Gasteiger partial charge in [0.2, 0.25) is 10.0 Å². The number of amides is 1. The van der Waals surface area contributed by atoms with Crippen LogP contribution in [0, 0.1) is 5.92 Å². The molecule has 1 fully saturated rings. The first-order valence-electron chi connectivity index (χ1n) is 9.83. The van der Waals surface area contributed by atoms with Crippen LogP contribution in [0.15, 0.2) is 54.6 Å². The zero-order chi connectivity index (χ0) is 20.0. The summed E-state index contributed by atoms with van der Waals surface area (Å²) in [5.74, 6) is 0.520. The minimum absolute atomic E-state index is 0.0693. The highest BCUT2D eigenvalue weighted by Gasteiger charge is 2.18. The molecule has 0 atom stereocenters. The van der Waals surface area contributed by atoms with E-state index in [9.17, 15) is 13.2 Å². The summed E-state index contributed by atoms with van der Waals surface area (Å²) >= 11 is 0. The van der Waals surface area contributed by atoms with Gasteiger partial charge in [-0.1, -0.05) is 49.6 Å². The molecule has 0 unspecified atom stereocenters. The fraction of sp³-hybridized carbons (Fsp3) is 0.409. The number of hydrogen-bond acceptors (Lipinski definition) is 3. The molecule has 0 heterocycles. The van der Waals surface area contributed by atoms with Crippen LogP contribution in [-0.4, -0.2) is 27.1 Å². The van der Waals surface area contributed by atoms with Crippen molar-refractivity contribution in [3.05, 3.63) is 65.7 Å². The van der Waals surface area contributed by atoms with Gasteiger partial charge in [0.05, 0.1) is 18.5 Å². The second-order valence-corrected chi connectivity index (χ2v) is 9.42. The highest BCUT2D eigenvalue weighted by molar-refractivity contribution is 7.92. The average Bonchev–Trinajstić information content (AvgIpc) is 2.71. The van der Waals surface area contributed by atoms with E-state index in [4.69, 9.17) is 0 Å². The Hall–Kier alpha value is -2.34. The van der Waals surface area contributed by atoms with E-state index in [1.54, 1.807) is 24.3 Å². The normalized spacial score (nSPS) is 15.2. The molecule has 0 aromatic heterocycles. The van der Waals surface area contributed by atoms with Crippen LogP contribution >= 0.6 is 0 Å². The Morgan fingerprint density at radius 3 is 2.25 bits per heavy atom. The third-order valence-corrected chi connectivity index (χ3v) is 6.40.